The molecule has 0 aliphatic rings. The minimum absolute atomic E-state index is 0.470. The number of nitrogens with zero attached hydrogens (tertiary/aromatic N) is 1. The van der Waals surface area contributed by atoms with Gasteiger partial charge in [-0.05, 0) is 36.4 Å². The monoisotopic (exact) mass is 247 g/mol. The van der Waals surface area contributed by atoms with Crippen LogP contribution in [0.4, 0.5) is 5.69 Å². The Morgan fingerprint density at radius 3 is 2.59 bits per heavy atom. The van der Waals surface area contributed by atoms with Gasteiger partial charge in [-0.2, -0.15) is 0 Å². The van der Waals surface area contributed by atoms with E-state index in [1.807, 2.05) is 18.2 Å². The van der Waals surface area contributed by atoms with Crippen LogP contribution in [-0.4, -0.2) is 9.19 Å². The summed E-state index contributed by atoms with van der Waals surface area (Å²) in [6.07, 6.45) is 1.71. The predicted molar refractivity (Wildman–Crippen MR) is 68.3 cm³/mol. The summed E-state index contributed by atoms with van der Waals surface area (Å²) >= 11 is 0. The molecule has 4 nitrogen and oxygen atoms in total. The number of nitrogens with one attached hydrogen (secondary N) is 1. The molecule has 88 valence electrons. The van der Waals surface area contributed by atoms with Gasteiger partial charge in [-0.3, -0.25) is 4.98 Å². The quantitative estimate of drug-likeness (QED) is 0.804. The lowest BCUT2D eigenvalue weighted by atomic mass is 10.3. The largest absolute Gasteiger partial charge is 0.399 e. The van der Waals surface area contributed by atoms with Crippen LogP contribution in [0.25, 0.3) is 0 Å². The van der Waals surface area contributed by atoms with Crippen molar-refractivity contribution in [2.45, 2.75) is 11.4 Å². The highest BCUT2D eigenvalue weighted by atomic mass is 32.2. The summed E-state index contributed by atoms with van der Waals surface area (Å²) in [5.41, 5.74) is 7.08. The van der Waals surface area contributed by atoms with E-state index in [1.165, 1.54) is 0 Å². The Kier molecular flexibility index (Phi) is 3.85. The van der Waals surface area contributed by atoms with Gasteiger partial charge in [-0.15, -0.1) is 0 Å². The van der Waals surface area contributed by atoms with Gasteiger partial charge in [0.25, 0.3) is 0 Å². The highest BCUT2D eigenvalue weighted by Crippen LogP contribution is 2.08. The summed E-state index contributed by atoms with van der Waals surface area (Å²) in [5, 5.41) is 0. The van der Waals surface area contributed by atoms with Crippen molar-refractivity contribution in [1.29, 1.82) is 0 Å². The fraction of sp³-hybridized carbons (Fsp3) is 0.0833. The SMILES string of the molecule is Nc1ccc(S(=O)NCc2ccccn2)cc1. The Morgan fingerprint density at radius 2 is 1.94 bits per heavy atom. The van der Waals surface area contributed by atoms with E-state index >= 15 is 0 Å². The third kappa shape index (κ3) is 3.37. The van der Waals surface area contributed by atoms with Crippen molar-refractivity contribution in [1.82, 2.24) is 9.71 Å². The number of anilines is 1. The van der Waals surface area contributed by atoms with Gasteiger partial charge in [0.1, 0.15) is 11.0 Å². The summed E-state index contributed by atoms with van der Waals surface area (Å²) in [6.45, 7) is 0.470. The van der Waals surface area contributed by atoms with Crippen LogP contribution in [0, 0.1) is 0 Å². The lowest BCUT2D eigenvalue weighted by Crippen LogP contribution is -2.17. The smallest absolute Gasteiger partial charge is 0.125 e. The van der Waals surface area contributed by atoms with Gasteiger partial charge in [-0.25, -0.2) is 8.93 Å². The van der Waals surface area contributed by atoms with Gasteiger partial charge in [0.2, 0.25) is 0 Å². The molecule has 1 aromatic carbocycles. The Balaban J connectivity index is 1.96. The molecule has 1 aromatic heterocycles. The van der Waals surface area contributed by atoms with Gasteiger partial charge in [-0.1, -0.05) is 6.07 Å². The molecule has 0 aliphatic heterocycles. The molecule has 1 atom stereocenters. The first-order valence-electron chi connectivity index (χ1n) is 5.16. The van der Waals surface area contributed by atoms with Crippen molar-refractivity contribution < 1.29 is 4.21 Å². The molecular weight excluding hydrogens is 234 g/mol. The maximum atomic E-state index is 11.9. The molecule has 5 heteroatoms. The zero-order valence-electron chi connectivity index (χ0n) is 9.17. The van der Waals surface area contributed by atoms with E-state index in [1.54, 1.807) is 30.5 Å². The van der Waals surface area contributed by atoms with E-state index in [-0.39, 0.29) is 0 Å². The number of pyridine rings is 1. The van der Waals surface area contributed by atoms with Crippen molar-refractivity contribution in [2.75, 3.05) is 5.73 Å². The molecule has 0 spiro atoms. The average Bonchev–Trinajstić information content (AvgIpc) is 2.38. The second kappa shape index (κ2) is 5.56. The van der Waals surface area contributed by atoms with E-state index in [0.717, 1.165) is 5.69 Å². The van der Waals surface area contributed by atoms with Gasteiger partial charge < -0.3 is 5.73 Å². The van der Waals surface area contributed by atoms with Gasteiger partial charge in [0.15, 0.2) is 0 Å². The number of rotatable bonds is 4. The molecule has 0 radical (unpaired) electrons. The maximum Gasteiger partial charge on any atom is 0.125 e. The van der Waals surface area contributed by atoms with E-state index in [9.17, 15) is 4.21 Å². The first-order chi connectivity index (χ1) is 8.25. The zero-order chi connectivity index (χ0) is 12.1. The highest BCUT2D eigenvalue weighted by molar-refractivity contribution is 7.83. The number of hydrogen-bond donors (Lipinski definition) is 2. The van der Waals surface area contributed by atoms with Crippen LogP contribution in [-0.2, 0) is 17.5 Å². The Labute approximate surface area is 102 Å². The summed E-state index contributed by atoms with van der Waals surface area (Å²) in [4.78, 5) is 4.85. The Bertz CT molecular complexity index is 499. The molecule has 17 heavy (non-hydrogen) atoms. The fourth-order valence-corrected chi connectivity index (χ4v) is 2.15. The minimum atomic E-state index is -1.24. The van der Waals surface area contributed by atoms with Crippen LogP contribution < -0.4 is 10.5 Å². The highest BCUT2D eigenvalue weighted by Gasteiger charge is 2.03. The fourth-order valence-electron chi connectivity index (χ4n) is 1.32. The summed E-state index contributed by atoms with van der Waals surface area (Å²) in [5.74, 6) is 0. The van der Waals surface area contributed by atoms with Crippen LogP contribution in [0.15, 0.2) is 53.6 Å². The number of benzene rings is 1. The molecule has 1 unspecified atom stereocenters. The topological polar surface area (TPSA) is 68.0 Å². The summed E-state index contributed by atoms with van der Waals surface area (Å²) < 4.78 is 14.8. The Morgan fingerprint density at radius 1 is 1.18 bits per heavy atom. The molecule has 1 heterocycles. The van der Waals surface area contributed by atoms with E-state index < -0.39 is 11.0 Å². The maximum absolute atomic E-state index is 11.9. The predicted octanol–water partition coefficient (Wildman–Crippen LogP) is 1.48. The van der Waals surface area contributed by atoms with Gasteiger partial charge >= 0.3 is 0 Å². The third-order valence-electron chi connectivity index (χ3n) is 2.20. The molecule has 2 rings (SSSR count). The molecule has 0 amide bonds. The second-order valence-electron chi connectivity index (χ2n) is 3.48. The number of nitrogen functional groups attached to an aromatic ring is 1. The molecule has 0 fully saturated rings. The summed E-state index contributed by atoms with van der Waals surface area (Å²) in [6, 6.07) is 12.6. The molecule has 2 aromatic rings. The molecule has 0 saturated heterocycles. The molecule has 0 saturated carbocycles. The normalized spacial score (nSPS) is 12.2. The molecular formula is C12H13N3OS. The van der Waals surface area contributed by atoms with Crippen molar-refractivity contribution in [2.24, 2.45) is 0 Å². The average molecular weight is 247 g/mol. The minimum Gasteiger partial charge on any atom is -0.399 e. The van der Waals surface area contributed by atoms with Crippen molar-refractivity contribution in [3.8, 4) is 0 Å². The molecule has 3 N–H and O–H groups in total. The Hall–Kier alpha value is -1.72. The number of nitrogens with two attached hydrogens (primary N) is 1. The first kappa shape index (κ1) is 11.8. The van der Waals surface area contributed by atoms with E-state index in [2.05, 4.69) is 9.71 Å². The van der Waals surface area contributed by atoms with Crippen molar-refractivity contribution in [3.63, 3.8) is 0 Å². The van der Waals surface area contributed by atoms with Crippen LogP contribution in [0.2, 0.25) is 0 Å². The summed E-state index contributed by atoms with van der Waals surface area (Å²) in [7, 11) is -1.24. The van der Waals surface area contributed by atoms with Gasteiger partial charge in [0.05, 0.1) is 17.1 Å². The third-order valence-corrected chi connectivity index (χ3v) is 3.31. The lowest BCUT2D eigenvalue weighted by molar-refractivity contribution is 0.670. The van der Waals surface area contributed by atoms with Crippen molar-refractivity contribution >= 4 is 16.7 Å². The zero-order valence-corrected chi connectivity index (χ0v) is 9.98. The van der Waals surface area contributed by atoms with Crippen molar-refractivity contribution in [3.05, 3.63) is 54.4 Å². The molecule has 0 bridgehead atoms. The van der Waals surface area contributed by atoms with Gasteiger partial charge in [0, 0.05) is 11.9 Å². The van der Waals surface area contributed by atoms with Crippen LogP contribution in [0.3, 0.4) is 0 Å². The van der Waals surface area contributed by atoms with E-state index in [4.69, 9.17) is 5.73 Å². The standard InChI is InChI=1S/C12H13N3OS/c13-10-4-6-12(7-5-10)17(16)15-9-11-3-1-2-8-14-11/h1-8,15H,9,13H2. The lowest BCUT2D eigenvalue weighted by Gasteiger charge is -2.04. The van der Waals surface area contributed by atoms with E-state index in [0.29, 0.717) is 17.1 Å². The number of hydrogen-bond acceptors (Lipinski definition) is 3. The van der Waals surface area contributed by atoms with Crippen LogP contribution in [0.1, 0.15) is 5.69 Å². The number of aromatic nitrogens is 1. The first-order valence-corrected chi connectivity index (χ1v) is 6.31. The second-order valence-corrected chi connectivity index (χ2v) is 4.78. The molecule has 0 aliphatic carbocycles. The van der Waals surface area contributed by atoms with Crippen LogP contribution >= 0.6 is 0 Å². The van der Waals surface area contributed by atoms with Crippen LogP contribution in [0.5, 0.6) is 0 Å².